The van der Waals surface area contributed by atoms with Crippen molar-refractivity contribution in [2.75, 3.05) is 5.32 Å². The first-order chi connectivity index (χ1) is 11.8. The van der Waals surface area contributed by atoms with Gasteiger partial charge in [-0.15, -0.1) is 5.10 Å². The third kappa shape index (κ3) is 2.53. The summed E-state index contributed by atoms with van der Waals surface area (Å²) in [6.07, 6.45) is 1.62. The Morgan fingerprint density at radius 1 is 1.04 bits per heavy atom. The number of anilines is 2. The van der Waals surface area contributed by atoms with Gasteiger partial charge >= 0.3 is 0 Å². The molecule has 2 heterocycles. The van der Waals surface area contributed by atoms with Gasteiger partial charge in [-0.05, 0) is 30.3 Å². The largest absolute Gasteiger partial charge is 0.324 e. The van der Waals surface area contributed by atoms with Crippen LogP contribution in [0.3, 0.4) is 0 Å². The number of rotatable bonds is 3. The van der Waals surface area contributed by atoms with Gasteiger partial charge in [-0.3, -0.25) is 0 Å². The zero-order valence-corrected chi connectivity index (χ0v) is 12.5. The van der Waals surface area contributed by atoms with Crippen LogP contribution in [0.5, 0.6) is 0 Å². The molecule has 0 aliphatic carbocycles. The number of nitriles is 1. The van der Waals surface area contributed by atoms with Crippen molar-refractivity contribution in [3.63, 3.8) is 0 Å². The molecule has 2 aromatic carbocycles. The lowest BCUT2D eigenvalue weighted by Gasteiger charge is -2.05. The topological polar surface area (TPSA) is 92.3 Å². The maximum absolute atomic E-state index is 8.98. The predicted octanol–water partition coefficient (Wildman–Crippen LogP) is 2.83. The van der Waals surface area contributed by atoms with Crippen molar-refractivity contribution in [3.8, 4) is 11.8 Å². The zero-order valence-electron chi connectivity index (χ0n) is 12.5. The SMILES string of the molecule is N#Cc1cccc(Nc2ncc3nnn(-c4ccccc4)c3n2)c1. The van der Waals surface area contributed by atoms with Crippen LogP contribution >= 0.6 is 0 Å². The Kier molecular flexibility index (Phi) is 3.33. The van der Waals surface area contributed by atoms with Gasteiger partial charge in [-0.25, -0.2) is 4.98 Å². The second-order valence-electron chi connectivity index (χ2n) is 5.06. The monoisotopic (exact) mass is 313 g/mol. The molecule has 0 spiro atoms. The Balaban J connectivity index is 1.74. The minimum atomic E-state index is 0.414. The van der Waals surface area contributed by atoms with Crippen molar-refractivity contribution in [3.05, 3.63) is 66.4 Å². The fourth-order valence-electron chi connectivity index (χ4n) is 2.33. The van der Waals surface area contributed by atoms with Gasteiger partial charge in [0, 0.05) is 5.69 Å². The molecule has 24 heavy (non-hydrogen) atoms. The van der Waals surface area contributed by atoms with Gasteiger partial charge < -0.3 is 5.32 Å². The van der Waals surface area contributed by atoms with Gasteiger partial charge in [0.15, 0.2) is 11.2 Å². The maximum Gasteiger partial charge on any atom is 0.229 e. The predicted molar refractivity (Wildman–Crippen MR) is 88.9 cm³/mol. The lowest BCUT2D eigenvalue weighted by atomic mass is 10.2. The lowest BCUT2D eigenvalue weighted by molar-refractivity contribution is 0.817. The molecule has 0 amide bonds. The van der Waals surface area contributed by atoms with Crippen LogP contribution < -0.4 is 5.32 Å². The summed E-state index contributed by atoms with van der Waals surface area (Å²) >= 11 is 0. The van der Waals surface area contributed by atoms with Crippen molar-refractivity contribution < 1.29 is 0 Å². The van der Waals surface area contributed by atoms with E-state index in [1.807, 2.05) is 36.4 Å². The van der Waals surface area contributed by atoms with Crippen LogP contribution in [0.1, 0.15) is 5.56 Å². The van der Waals surface area contributed by atoms with Crippen LogP contribution in [0.4, 0.5) is 11.6 Å². The molecule has 4 aromatic rings. The molecule has 0 aliphatic heterocycles. The molecule has 114 valence electrons. The number of nitrogens with one attached hydrogen (secondary N) is 1. The molecule has 7 nitrogen and oxygen atoms in total. The number of benzene rings is 2. The Hall–Kier alpha value is -3.79. The van der Waals surface area contributed by atoms with Crippen molar-refractivity contribution in [1.29, 1.82) is 5.26 Å². The number of hydrogen-bond acceptors (Lipinski definition) is 6. The molecule has 4 rings (SSSR count). The third-order valence-electron chi connectivity index (χ3n) is 3.44. The first kappa shape index (κ1) is 13.8. The molecule has 2 aromatic heterocycles. The lowest BCUT2D eigenvalue weighted by Crippen LogP contribution is -2.01. The Morgan fingerprint density at radius 3 is 2.75 bits per heavy atom. The highest BCUT2D eigenvalue weighted by Crippen LogP contribution is 2.18. The average molecular weight is 313 g/mol. The minimum absolute atomic E-state index is 0.414. The number of nitrogens with zero attached hydrogens (tertiary/aromatic N) is 6. The van der Waals surface area contributed by atoms with Crippen LogP contribution in [0, 0.1) is 11.3 Å². The van der Waals surface area contributed by atoms with E-state index in [4.69, 9.17) is 5.26 Å². The summed E-state index contributed by atoms with van der Waals surface area (Å²) < 4.78 is 1.66. The van der Waals surface area contributed by atoms with E-state index in [1.165, 1.54) is 0 Å². The van der Waals surface area contributed by atoms with Crippen molar-refractivity contribution in [2.24, 2.45) is 0 Å². The Bertz CT molecular complexity index is 1050. The molecule has 0 saturated carbocycles. The number of para-hydroxylation sites is 1. The minimum Gasteiger partial charge on any atom is -0.324 e. The zero-order chi connectivity index (χ0) is 16.4. The quantitative estimate of drug-likeness (QED) is 0.625. The van der Waals surface area contributed by atoms with Crippen molar-refractivity contribution in [1.82, 2.24) is 25.0 Å². The molecular formula is C17H11N7. The number of fused-ring (bicyclic) bond motifs is 1. The molecule has 0 fully saturated rings. The fourth-order valence-corrected chi connectivity index (χ4v) is 2.33. The summed E-state index contributed by atoms with van der Waals surface area (Å²) in [5, 5.41) is 20.3. The van der Waals surface area contributed by atoms with E-state index in [1.54, 1.807) is 29.1 Å². The Morgan fingerprint density at radius 2 is 1.92 bits per heavy atom. The van der Waals surface area contributed by atoms with Gasteiger partial charge in [0.2, 0.25) is 5.95 Å². The smallest absolute Gasteiger partial charge is 0.229 e. The highest BCUT2D eigenvalue weighted by atomic mass is 15.4. The van der Waals surface area contributed by atoms with Gasteiger partial charge in [0.05, 0.1) is 23.5 Å². The van der Waals surface area contributed by atoms with Gasteiger partial charge in [0.1, 0.15) is 0 Å². The molecule has 0 radical (unpaired) electrons. The Labute approximate surface area is 137 Å². The van der Waals surface area contributed by atoms with E-state index >= 15 is 0 Å². The van der Waals surface area contributed by atoms with E-state index < -0.39 is 0 Å². The van der Waals surface area contributed by atoms with Crippen molar-refractivity contribution in [2.45, 2.75) is 0 Å². The van der Waals surface area contributed by atoms with Gasteiger partial charge in [-0.2, -0.15) is 14.9 Å². The summed E-state index contributed by atoms with van der Waals surface area (Å²) in [6, 6.07) is 18.9. The van der Waals surface area contributed by atoms with Crippen LogP contribution in [-0.2, 0) is 0 Å². The van der Waals surface area contributed by atoms with Crippen LogP contribution in [0.25, 0.3) is 16.9 Å². The molecule has 0 unspecified atom stereocenters. The van der Waals surface area contributed by atoms with E-state index in [0.29, 0.717) is 22.7 Å². The van der Waals surface area contributed by atoms with E-state index in [-0.39, 0.29) is 0 Å². The first-order valence-corrected chi connectivity index (χ1v) is 7.24. The molecule has 1 N–H and O–H groups in total. The normalized spacial score (nSPS) is 10.5. The van der Waals surface area contributed by atoms with Gasteiger partial charge in [0.25, 0.3) is 0 Å². The average Bonchev–Trinajstić information content (AvgIpc) is 3.06. The molecule has 0 aliphatic rings. The van der Waals surface area contributed by atoms with Crippen LogP contribution in [0.15, 0.2) is 60.8 Å². The van der Waals surface area contributed by atoms with Gasteiger partial charge in [-0.1, -0.05) is 29.5 Å². The van der Waals surface area contributed by atoms with Crippen LogP contribution in [-0.4, -0.2) is 25.0 Å². The highest BCUT2D eigenvalue weighted by molar-refractivity contribution is 5.72. The van der Waals surface area contributed by atoms with E-state index in [9.17, 15) is 0 Å². The van der Waals surface area contributed by atoms with E-state index in [2.05, 4.69) is 31.7 Å². The highest BCUT2D eigenvalue weighted by Gasteiger charge is 2.10. The molecule has 0 bridgehead atoms. The summed E-state index contributed by atoms with van der Waals surface area (Å²) in [7, 11) is 0. The second-order valence-corrected chi connectivity index (χ2v) is 5.06. The van der Waals surface area contributed by atoms with Crippen LogP contribution in [0.2, 0.25) is 0 Å². The number of hydrogen-bond donors (Lipinski definition) is 1. The van der Waals surface area contributed by atoms with E-state index in [0.717, 1.165) is 11.4 Å². The van der Waals surface area contributed by atoms with Crippen molar-refractivity contribution >= 4 is 22.8 Å². The maximum atomic E-state index is 8.98. The first-order valence-electron chi connectivity index (χ1n) is 7.24. The molecular weight excluding hydrogens is 302 g/mol. The number of aromatic nitrogens is 5. The fraction of sp³-hybridized carbons (Fsp3) is 0. The summed E-state index contributed by atoms with van der Waals surface area (Å²) in [4.78, 5) is 8.74. The molecule has 7 heteroatoms. The third-order valence-corrected chi connectivity index (χ3v) is 3.44. The standard InChI is InChI=1S/C17H11N7/c18-10-12-5-4-6-13(9-12)20-17-19-11-15-16(21-17)24(23-22-15)14-7-2-1-3-8-14/h1-9,11H,(H,19,20,21). The summed E-state index contributed by atoms with van der Waals surface area (Å²) in [5.41, 5.74) is 3.39. The molecule has 0 atom stereocenters. The second kappa shape index (κ2) is 5.78. The molecule has 0 saturated heterocycles. The summed E-state index contributed by atoms with van der Waals surface area (Å²) in [5.74, 6) is 0.414. The summed E-state index contributed by atoms with van der Waals surface area (Å²) in [6.45, 7) is 0.